The lowest BCUT2D eigenvalue weighted by Gasteiger charge is -2.05. The summed E-state index contributed by atoms with van der Waals surface area (Å²) in [6.07, 6.45) is 0. The van der Waals surface area contributed by atoms with E-state index < -0.39 is 0 Å². The van der Waals surface area contributed by atoms with Crippen LogP contribution in [-0.4, -0.2) is 44.7 Å². The molecule has 6 nitrogen and oxygen atoms in total. The average molecular weight is 203 g/mol. The molecule has 0 fully saturated rings. The summed E-state index contributed by atoms with van der Waals surface area (Å²) in [6.45, 7) is 3.19. The first kappa shape index (κ1) is 12.9. The van der Waals surface area contributed by atoms with Crippen molar-refractivity contribution in [3.05, 3.63) is 0 Å². The van der Waals surface area contributed by atoms with E-state index in [0.717, 1.165) is 0 Å². The van der Waals surface area contributed by atoms with Crippen LogP contribution >= 0.6 is 0 Å². The lowest BCUT2D eigenvalue weighted by Crippen LogP contribution is -2.37. The van der Waals surface area contributed by atoms with Crippen LogP contribution < -0.4 is 16.4 Å². The van der Waals surface area contributed by atoms with Gasteiger partial charge in [-0.05, 0) is 0 Å². The van der Waals surface area contributed by atoms with Gasteiger partial charge in [0.15, 0.2) is 0 Å². The molecule has 0 heterocycles. The van der Waals surface area contributed by atoms with Gasteiger partial charge in [-0.1, -0.05) is 0 Å². The zero-order chi connectivity index (χ0) is 10.8. The summed E-state index contributed by atoms with van der Waals surface area (Å²) in [7, 11) is 0. The highest BCUT2D eigenvalue weighted by atomic mass is 16.5. The van der Waals surface area contributed by atoms with Crippen molar-refractivity contribution in [1.82, 2.24) is 10.6 Å². The van der Waals surface area contributed by atoms with Crippen LogP contribution in [0.2, 0.25) is 0 Å². The second-order valence-electron chi connectivity index (χ2n) is 2.66. The van der Waals surface area contributed by atoms with Crippen LogP contribution in [-0.2, 0) is 14.3 Å². The first-order chi connectivity index (χ1) is 6.66. The van der Waals surface area contributed by atoms with E-state index in [1.54, 1.807) is 0 Å². The van der Waals surface area contributed by atoms with Gasteiger partial charge in [0.2, 0.25) is 11.8 Å². The van der Waals surface area contributed by atoms with Crippen molar-refractivity contribution in [3.8, 4) is 0 Å². The molecule has 0 rings (SSSR count). The van der Waals surface area contributed by atoms with Crippen molar-refractivity contribution < 1.29 is 14.3 Å². The molecule has 0 saturated heterocycles. The Bertz CT molecular complexity index is 185. The van der Waals surface area contributed by atoms with Gasteiger partial charge in [-0.2, -0.15) is 0 Å². The number of rotatable bonds is 7. The minimum absolute atomic E-state index is 0.00617. The molecular weight excluding hydrogens is 186 g/mol. The van der Waals surface area contributed by atoms with E-state index in [9.17, 15) is 9.59 Å². The third-order valence-corrected chi connectivity index (χ3v) is 1.33. The maximum Gasteiger partial charge on any atom is 0.239 e. The smallest absolute Gasteiger partial charge is 0.239 e. The third-order valence-electron chi connectivity index (χ3n) is 1.33. The Morgan fingerprint density at radius 3 is 2.57 bits per heavy atom. The van der Waals surface area contributed by atoms with E-state index in [2.05, 4.69) is 10.6 Å². The van der Waals surface area contributed by atoms with Crippen molar-refractivity contribution in [2.45, 2.75) is 6.92 Å². The van der Waals surface area contributed by atoms with Gasteiger partial charge in [0, 0.05) is 20.0 Å². The van der Waals surface area contributed by atoms with E-state index in [4.69, 9.17) is 10.5 Å². The SMILES string of the molecule is CC(=O)NCC(=O)NCCOCCN. The van der Waals surface area contributed by atoms with Gasteiger partial charge in [-0.25, -0.2) is 0 Å². The van der Waals surface area contributed by atoms with Crippen LogP contribution in [0.25, 0.3) is 0 Å². The Hall–Kier alpha value is -1.14. The number of hydrogen-bond acceptors (Lipinski definition) is 4. The summed E-state index contributed by atoms with van der Waals surface area (Å²) in [4.78, 5) is 21.4. The number of amides is 2. The summed E-state index contributed by atoms with van der Waals surface area (Å²) in [5, 5.41) is 4.96. The van der Waals surface area contributed by atoms with Crippen molar-refractivity contribution in [1.29, 1.82) is 0 Å². The second kappa shape index (κ2) is 8.46. The Balaban J connectivity index is 3.22. The van der Waals surface area contributed by atoms with Gasteiger partial charge in [-0.15, -0.1) is 0 Å². The Morgan fingerprint density at radius 2 is 2.00 bits per heavy atom. The van der Waals surface area contributed by atoms with Gasteiger partial charge >= 0.3 is 0 Å². The molecule has 0 aromatic rings. The number of ether oxygens (including phenoxy) is 1. The van der Waals surface area contributed by atoms with Gasteiger partial charge < -0.3 is 21.1 Å². The lowest BCUT2D eigenvalue weighted by molar-refractivity contribution is -0.125. The Kier molecular flexibility index (Phi) is 7.77. The minimum atomic E-state index is -0.225. The van der Waals surface area contributed by atoms with E-state index in [-0.39, 0.29) is 18.4 Å². The van der Waals surface area contributed by atoms with Crippen LogP contribution in [0.1, 0.15) is 6.92 Å². The monoisotopic (exact) mass is 203 g/mol. The van der Waals surface area contributed by atoms with E-state index in [0.29, 0.717) is 26.3 Å². The number of carbonyl (C=O) groups excluding carboxylic acids is 2. The number of hydrogen-bond donors (Lipinski definition) is 3. The van der Waals surface area contributed by atoms with Crippen LogP contribution in [0.15, 0.2) is 0 Å². The zero-order valence-corrected chi connectivity index (χ0v) is 8.34. The molecule has 0 spiro atoms. The standard InChI is InChI=1S/C8H17N3O3/c1-7(12)11-6-8(13)10-3-5-14-4-2-9/h2-6,9H2,1H3,(H,10,13)(H,11,12). The maximum absolute atomic E-state index is 11.0. The van der Waals surface area contributed by atoms with Crippen LogP contribution in [0.5, 0.6) is 0 Å². The summed E-state index contributed by atoms with van der Waals surface area (Å²) in [6, 6.07) is 0. The summed E-state index contributed by atoms with van der Waals surface area (Å²) >= 11 is 0. The molecule has 0 aliphatic carbocycles. The molecule has 2 amide bonds. The summed E-state index contributed by atoms with van der Waals surface area (Å²) in [5.41, 5.74) is 5.19. The number of carbonyl (C=O) groups is 2. The largest absolute Gasteiger partial charge is 0.378 e. The predicted molar refractivity (Wildman–Crippen MR) is 51.6 cm³/mol. The number of nitrogens with two attached hydrogens (primary N) is 1. The third kappa shape index (κ3) is 8.95. The quantitative estimate of drug-likeness (QED) is 0.426. The molecule has 0 saturated carbocycles. The van der Waals surface area contributed by atoms with Crippen molar-refractivity contribution >= 4 is 11.8 Å². The first-order valence-corrected chi connectivity index (χ1v) is 4.45. The highest BCUT2D eigenvalue weighted by Crippen LogP contribution is 1.71. The molecule has 14 heavy (non-hydrogen) atoms. The van der Waals surface area contributed by atoms with Gasteiger partial charge in [0.1, 0.15) is 0 Å². The van der Waals surface area contributed by atoms with E-state index in [1.165, 1.54) is 6.92 Å². The maximum atomic E-state index is 11.0. The first-order valence-electron chi connectivity index (χ1n) is 4.45. The Labute approximate surface area is 83.2 Å². The van der Waals surface area contributed by atoms with Gasteiger partial charge in [-0.3, -0.25) is 9.59 Å². The summed E-state index contributed by atoms with van der Waals surface area (Å²) < 4.78 is 5.03. The van der Waals surface area contributed by atoms with E-state index in [1.807, 2.05) is 0 Å². The van der Waals surface area contributed by atoms with Gasteiger partial charge in [0.25, 0.3) is 0 Å². The molecule has 4 N–H and O–H groups in total. The molecule has 0 aliphatic heterocycles. The highest BCUT2D eigenvalue weighted by molar-refractivity contribution is 5.83. The highest BCUT2D eigenvalue weighted by Gasteiger charge is 2.00. The second-order valence-corrected chi connectivity index (χ2v) is 2.66. The molecule has 82 valence electrons. The topological polar surface area (TPSA) is 93.5 Å². The van der Waals surface area contributed by atoms with Gasteiger partial charge in [0.05, 0.1) is 19.8 Å². The van der Waals surface area contributed by atoms with Crippen LogP contribution in [0.3, 0.4) is 0 Å². The molecule has 0 radical (unpaired) electrons. The molecule has 0 aromatic heterocycles. The minimum Gasteiger partial charge on any atom is -0.378 e. The van der Waals surface area contributed by atoms with Crippen LogP contribution in [0.4, 0.5) is 0 Å². The fraction of sp³-hybridized carbons (Fsp3) is 0.750. The normalized spacial score (nSPS) is 9.57. The molecular formula is C8H17N3O3. The van der Waals surface area contributed by atoms with Crippen molar-refractivity contribution in [3.63, 3.8) is 0 Å². The predicted octanol–water partition coefficient (Wildman–Crippen LogP) is -1.79. The Morgan fingerprint density at radius 1 is 1.29 bits per heavy atom. The van der Waals surface area contributed by atoms with Crippen molar-refractivity contribution in [2.24, 2.45) is 5.73 Å². The molecule has 0 atom stereocenters. The zero-order valence-electron chi connectivity index (χ0n) is 8.34. The fourth-order valence-electron chi connectivity index (χ4n) is 0.715. The molecule has 6 heteroatoms. The molecule has 0 aliphatic rings. The van der Waals surface area contributed by atoms with Crippen LogP contribution in [0, 0.1) is 0 Å². The molecule has 0 aromatic carbocycles. The summed E-state index contributed by atoms with van der Waals surface area (Å²) in [5.74, 6) is -0.448. The van der Waals surface area contributed by atoms with Crippen molar-refractivity contribution in [2.75, 3.05) is 32.8 Å². The molecule has 0 unspecified atom stereocenters. The lowest BCUT2D eigenvalue weighted by atomic mass is 10.5. The average Bonchev–Trinajstić information content (AvgIpc) is 2.14. The number of nitrogens with one attached hydrogen (secondary N) is 2. The van der Waals surface area contributed by atoms with E-state index >= 15 is 0 Å². The fourth-order valence-corrected chi connectivity index (χ4v) is 0.715. The molecule has 0 bridgehead atoms.